The molecule has 10 bridgehead atoms. The van der Waals surface area contributed by atoms with E-state index >= 15 is 0 Å². The summed E-state index contributed by atoms with van der Waals surface area (Å²) in [6.45, 7) is 4.49. The summed E-state index contributed by atoms with van der Waals surface area (Å²) in [6, 6.07) is 16.7. The van der Waals surface area contributed by atoms with Crippen molar-refractivity contribution >= 4 is 23.1 Å². The molecule has 1 spiro atoms. The molecule has 0 saturated heterocycles. The number of carbonyl (C=O) groups is 2. The lowest BCUT2D eigenvalue weighted by atomic mass is 9.72. The first-order chi connectivity index (χ1) is 26.2. The standard InChI is InChI=1S/C42H39N5O7/c1-4-41(18-48,19-49)39(51)44-28-16-21-11-14-29-27(15-21)42-26-10-6-9-24(33(26)47-40(42)53-29)23-8-5-7-22-12-13-25(31(22)23)30-17-43-37(52-30)34-35(42)54-38(46-34)32(20(2)3)45-36(28)50/h5-11,13-15,17,20,28,32,40,47-49H,4,12,16,18-19H2,1-3H3,(H,44,51)(H,45,50)/t28?,32-,40-,42?/m0/s1. The zero-order chi connectivity index (χ0) is 37.1. The Balaban J connectivity index is 1.25. The first-order valence-electron chi connectivity index (χ1n) is 18.5. The molecule has 54 heavy (non-hydrogen) atoms. The van der Waals surface area contributed by atoms with Gasteiger partial charge in [-0.2, -0.15) is 0 Å². The minimum absolute atomic E-state index is 0.126. The molecular weight excluding hydrogens is 686 g/mol. The van der Waals surface area contributed by atoms with E-state index in [0.717, 1.165) is 51.1 Å². The molecule has 0 saturated carbocycles. The van der Waals surface area contributed by atoms with Crippen molar-refractivity contribution in [1.29, 1.82) is 0 Å². The van der Waals surface area contributed by atoms with Crippen LogP contribution in [-0.2, 0) is 27.8 Å². The van der Waals surface area contributed by atoms with E-state index in [0.29, 0.717) is 23.0 Å². The fraction of sp³-hybridized carbons (Fsp3) is 0.333. The number of aromatic nitrogens is 2. The van der Waals surface area contributed by atoms with Crippen molar-refractivity contribution in [2.45, 2.75) is 63.8 Å². The van der Waals surface area contributed by atoms with Crippen molar-refractivity contribution < 1.29 is 33.4 Å². The van der Waals surface area contributed by atoms with Crippen LogP contribution in [0, 0.1) is 11.3 Å². The predicted octanol–water partition coefficient (Wildman–Crippen LogP) is 5.01. The molecule has 0 radical (unpaired) electrons. The maximum atomic E-state index is 14.3. The normalized spacial score (nSPS) is 22.6. The van der Waals surface area contributed by atoms with Crippen molar-refractivity contribution in [3.63, 3.8) is 0 Å². The van der Waals surface area contributed by atoms with E-state index < -0.39 is 54.2 Å². The first kappa shape index (κ1) is 32.9. The lowest BCUT2D eigenvalue weighted by molar-refractivity contribution is -0.140. The third-order valence-electron chi connectivity index (χ3n) is 12.1. The third-order valence-corrected chi connectivity index (χ3v) is 12.1. The van der Waals surface area contributed by atoms with Crippen LogP contribution in [0.3, 0.4) is 0 Å². The van der Waals surface area contributed by atoms with Gasteiger partial charge in [-0.05, 0) is 47.1 Å². The van der Waals surface area contributed by atoms with Gasteiger partial charge in [-0.25, -0.2) is 9.97 Å². The lowest BCUT2D eigenvalue weighted by Gasteiger charge is -2.31. The first-order valence-corrected chi connectivity index (χ1v) is 18.5. The van der Waals surface area contributed by atoms with Crippen molar-refractivity contribution in [1.82, 2.24) is 20.6 Å². The number of hydrogen-bond acceptors (Lipinski definition) is 10. The van der Waals surface area contributed by atoms with Gasteiger partial charge in [0.05, 0.1) is 24.8 Å². The summed E-state index contributed by atoms with van der Waals surface area (Å²) in [7, 11) is 0. The number of amides is 2. The zero-order valence-corrected chi connectivity index (χ0v) is 30.0. The number of anilines is 1. The highest BCUT2D eigenvalue weighted by atomic mass is 16.5. The van der Waals surface area contributed by atoms with Gasteiger partial charge in [0.25, 0.3) is 0 Å². The van der Waals surface area contributed by atoms with Crippen LogP contribution >= 0.6 is 0 Å². The molecule has 0 fully saturated rings. The Kier molecular flexibility index (Phi) is 7.09. The second-order valence-corrected chi connectivity index (χ2v) is 15.3. The van der Waals surface area contributed by atoms with Gasteiger partial charge >= 0.3 is 0 Å². The van der Waals surface area contributed by atoms with Crippen LogP contribution in [0.5, 0.6) is 5.75 Å². The average Bonchev–Trinajstić information content (AvgIpc) is 4.00. The molecule has 4 atom stereocenters. The van der Waals surface area contributed by atoms with E-state index in [1.807, 2.05) is 32.0 Å². The fourth-order valence-corrected chi connectivity index (χ4v) is 8.99. The second-order valence-electron chi connectivity index (χ2n) is 15.3. The summed E-state index contributed by atoms with van der Waals surface area (Å²) in [5.74, 6) is 1.00. The number of fused-ring (bicyclic) bond motifs is 7. The van der Waals surface area contributed by atoms with Crippen LogP contribution in [0.15, 0.2) is 75.7 Å². The number of ether oxygens (including phenoxy) is 1. The Bertz CT molecular complexity index is 2430. The van der Waals surface area contributed by atoms with E-state index in [4.69, 9.17) is 23.5 Å². The molecule has 5 N–H and O–H groups in total. The van der Waals surface area contributed by atoms with Gasteiger partial charge < -0.3 is 39.7 Å². The van der Waals surface area contributed by atoms with Gasteiger partial charge in [0.15, 0.2) is 23.4 Å². The van der Waals surface area contributed by atoms with E-state index in [1.54, 1.807) is 13.1 Å². The minimum atomic E-state index is -1.46. The number of aliphatic hydroxyl groups excluding tert-OH is 2. The number of aliphatic hydroxyl groups is 2. The summed E-state index contributed by atoms with van der Waals surface area (Å²) >= 11 is 0. The van der Waals surface area contributed by atoms with E-state index in [9.17, 15) is 19.8 Å². The van der Waals surface area contributed by atoms with E-state index in [-0.39, 0.29) is 30.5 Å². The molecule has 5 aliphatic rings. The summed E-state index contributed by atoms with van der Waals surface area (Å²) in [4.78, 5) is 37.9. The topological polar surface area (TPSA) is 172 Å². The van der Waals surface area contributed by atoms with Crippen LogP contribution in [-0.4, -0.2) is 57.5 Å². The molecule has 6 heterocycles. The van der Waals surface area contributed by atoms with Crippen LogP contribution in [0.1, 0.15) is 78.5 Å². The molecule has 5 aromatic rings. The van der Waals surface area contributed by atoms with Crippen LogP contribution in [0.25, 0.3) is 28.3 Å². The Hall–Kier alpha value is -5.72. The molecule has 1 aliphatic carbocycles. The van der Waals surface area contributed by atoms with Crippen molar-refractivity contribution in [3.8, 4) is 28.5 Å². The number of hydrogen-bond donors (Lipinski definition) is 5. The van der Waals surface area contributed by atoms with Crippen LogP contribution < -0.4 is 20.7 Å². The maximum Gasteiger partial charge on any atom is 0.249 e. The van der Waals surface area contributed by atoms with Gasteiger partial charge in [-0.1, -0.05) is 75.4 Å². The minimum Gasteiger partial charge on any atom is -0.469 e. The number of nitrogens with one attached hydrogen (secondary N) is 3. The predicted molar refractivity (Wildman–Crippen MR) is 197 cm³/mol. The number of carbonyl (C=O) groups excluding carboxylic acids is 2. The maximum absolute atomic E-state index is 14.3. The van der Waals surface area contributed by atoms with Crippen molar-refractivity contribution in [2.75, 3.05) is 18.5 Å². The summed E-state index contributed by atoms with van der Waals surface area (Å²) < 4.78 is 20.5. The highest BCUT2D eigenvalue weighted by Gasteiger charge is 2.62. The number of allylic oxidation sites excluding steroid dienone is 1. The number of para-hydroxylation sites is 1. The molecule has 3 aromatic carbocycles. The number of rotatable bonds is 6. The zero-order valence-electron chi connectivity index (χ0n) is 30.0. The van der Waals surface area contributed by atoms with Crippen LogP contribution in [0.4, 0.5) is 5.69 Å². The highest BCUT2D eigenvalue weighted by molar-refractivity contribution is 5.97. The molecule has 4 aliphatic heterocycles. The molecule has 2 aromatic heterocycles. The molecule has 12 nitrogen and oxygen atoms in total. The van der Waals surface area contributed by atoms with Gasteiger partial charge in [0, 0.05) is 34.4 Å². The number of nitrogens with zero attached hydrogens (tertiary/aromatic N) is 2. The molecular formula is C42H39N5O7. The molecule has 12 heteroatoms. The smallest absolute Gasteiger partial charge is 0.249 e. The van der Waals surface area contributed by atoms with Gasteiger partial charge in [-0.15, -0.1) is 0 Å². The molecule has 274 valence electrons. The van der Waals surface area contributed by atoms with Crippen LogP contribution in [0.2, 0.25) is 0 Å². The molecule has 2 unspecified atom stereocenters. The Morgan fingerprint density at radius 2 is 1.87 bits per heavy atom. The summed E-state index contributed by atoms with van der Waals surface area (Å²) in [5.41, 5.74) is 6.62. The second kappa shape index (κ2) is 11.6. The van der Waals surface area contributed by atoms with E-state index in [2.05, 4.69) is 58.4 Å². The Morgan fingerprint density at radius 3 is 2.67 bits per heavy atom. The highest BCUT2D eigenvalue weighted by Crippen LogP contribution is 2.61. The summed E-state index contributed by atoms with van der Waals surface area (Å²) in [6.07, 6.45) is 4.33. The van der Waals surface area contributed by atoms with Gasteiger partial charge in [0.2, 0.25) is 23.6 Å². The average molecular weight is 726 g/mol. The number of oxazole rings is 2. The lowest BCUT2D eigenvalue weighted by Crippen LogP contribution is -2.55. The molecule has 2 amide bonds. The largest absolute Gasteiger partial charge is 0.469 e. The quantitative estimate of drug-likeness (QED) is 0.160. The monoisotopic (exact) mass is 725 g/mol. The molecule has 10 rings (SSSR count). The van der Waals surface area contributed by atoms with E-state index in [1.165, 1.54) is 5.56 Å². The SMILES string of the molecule is CCC(CO)(CO)C(=O)NC1Cc2ccc3c(c2)C24c5cccc(c5N[C@H]2O3)-c2cccc3c2C(=CC3)c2cnc(o2)-c2nc(oc24)[C@H](C(C)C)NC1=O. The Labute approximate surface area is 310 Å². The van der Waals surface area contributed by atoms with Gasteiger partial charge in [-0.3, -0.25) is 9.59 Å². The fourth-order valence-electron chi connectivity index (χ4n) is 8.99. The Morgan fingerprint density at radius 1 is 1.06 bits per heavy atom. The summed E-state index contributed by atoms with van der Waals surface area (Å²) in [5, 5.41) is 30.1. The number of benzene rings is 3. The van der Waals surface area contributed by atoms with Gasteiger partial charge in [0.1, 0.15) is 23.2 Å². The third kappa shape index (κ3) is 4.32. The van der Waals surface area contributed by atoms with Crippen molar-refractivity contribution in [3.05, 3.63) is 112 Å². The van der Waals surface area contributed by atoms with Crippen molar-refractivity contribution in [2.24, 2.45) is 11.3 Å².